The molecule has 1 N–H and O–H groups in total. The topological polar surface area (TPSA) is 55.6 Å². The second-order valence-corrected chi connectivity index (χ2v) is 4.20. The molecule has 0 bridgehead atoms. The van der Waals surface area contributed by atoms with Gasteiger partial charge in [-0.05, 0) is 13.3 Å². The summed E-state index contributed by atoms with van der Waals surface area (Å²) in [6.07, 6.45) is -0.747. The lowest BCUT2D eigenvalue weighted by Gasteiger charge is -2.12. The van der Waals surface area contributed by atoms with Crippen molar-refractivity contribution < 1.29 is 13.2 Å². The number of rotatable bonds is 4. The lowest BCUT2D eigenvalue weighted by atomic mass is 10.4. The molecule has 2 aromatic rings. The summed E-state index contributed by atoms with van der Waals surface area (Å²) in [5, 5.41) is 2.84. The summed E-state index contributed by atoms with van der Waals surface area (Å²) in [5.41, 5.74) is 0. The predicted molar refractivity (Wildman–Crippen MR) is 67.7 cm³/mol. The van der Waals surface area contributed by atoms with Crippen LogP contribution >= 0.6 is 0 Å². The third kappa shape index (κ3) is 3.06. The van der Waals surface area contributed by atoms with Gasteiger partial charge in [-0.2, -0.15) is 13.2 Å². The molecule has 2 aromatic heterocycles. The molecule has 20 heavy (non-hydrogen) atoms. The highest BCUT2D eigenvalue weighted by molar-refractivity contribution is 5.42. The molecule has 0 amide bonds. The molecule has 0 saturated heterocycles. The van der Waals surface area contributed by atoms with Gasteiger partial charge in [0.1, 0.15) is 17.5 Å². The zero-order chi connectivity index (χ0) is 14.8. The van der Waals surface area contributed by atoms with E-state index in [1.54, 1.807) is 13.1 Å². The number of halogens is 3. The zero-order valence-electron chi connectivity index (χ0n) is 11.1. The first-order chi connectivity index (χ1) is 9.41. The average Bonchev–Trinajstić information content (AvgIpc) is 2.81. The van der Waals surface area contributed by atoms with Gasteiger partial charge < -0.3 is 5.32 Å². The van der Waals surface area contributed by atoms with Crippen molar-refractivity contribution >= 4 is 5.82 Å². The molecule has 108 valence electrons. The Morgan fingerprint density at radius 1 is 1.30 bits per heavy atom. The van der Waals surface area contributed by atoms with Crippen molar-refractivity contribution in [1.29, 1.82) is 0 Å². The van der Waals surface area contributed by atoms with Crippen LogP contribution < -0.4 is 5.32 Å². The summed E-state index contributed by atoms with van der Waals surface area (Å²) in [6.45, 7) is 4.14. The fourth-order valence-electron chi connectivity index (χ4n) is 1.65. The zero-order valence-corrected chi connectivity index (χ0v) is 11.1. The molecule has 0 fully saturated rings. The molecule has 2 rings (SSSR count). The standard InChI is InChI=1S/C12H14F3N5/c1-3-4-17-9-7-10(20-6-5-16-8(20)2)19-11(18-9)12(13,14)15/h5-7H,3-4H2,1-2H3,(H,17,18,19). The SMILES string of the molecule is CCCNc1cc(-n2ccnc2C)nc(C(F)(F)F)n1. The predicted octanol–water partition coefficient (Wildman–Crippen LogP) is 2.81. The van der Waals surface area contributed by atoms with Gasteiger partial charge in [0, 0.05) is 25.0 Å². The Labute approximate surface area is 113 Å². The third-order valence-corrected chi connectivity index (χ3v) is 2.59. The molecule has 0 radical (unpaired) electrons. The van der Waals surface area contributed by atoms with E-state index in [1.165, 1.54) is 16.8 Å². The Hall–Kier alpha value is -2.12. The maximum Gasteiger partial charge on any atom is 0.451 e. The summed E-state index contributed by atoms with van der Waals surface area (Å²) in [6, 6.07) is 1.47. The molecule has 0 aliphatic rings. The smallest absolute Gasteiger partial charge is 0.370 e. The minimum Gasteiger partial charge on any atom is -0.370 e. The number of hydrogen-bond acceptors (Lipinski definition) is 4. The molecule has 0 aromatic carbocycles. The Morgan fingerprint density at radius 3 is 2.60 bits per heavy atom. The van der Waals surface area contributed by atoms with Crippen LogP contribution in [-0.4, -0.2) is 26.1 Å². The van der Waals surface area contributed by atoms with Crippen LogP contribution in [0.15, 0.2) is 18.5 Å². The van der Waals surface area contributed by atoms with E-state index in [2.05, 4.69) is 20.3 Å². The molecule has 0 aliphatic carbocycles. The van der Waals surface area contributed by atoms with Gasteiger partial charge in [0.05, 0.1) is 0 Å². The summed E-state index contributed by atoms with van der Waals surface area (Å²) >= 11 is 0. The highest BCUT2D eigenvalue weighted by Crippen LogP contribution is 2.28. The molecule has 5 nitrogen and oxygen atoms in total. The van der Waals surface area contributed by atoms with Crippen LogP contribution in [0.2, 0.25) is 0 Å². The molecule has 0 saturated carbocycles. The molecule has 0 atom stereocenters. The summed E-state index contributed by atoms with van der Waals surface area (Å²) in [4.78, 5) is 11.0. The lowest BCUT2D eigenvalue weighted by Crippen LogP contribution is -2.16. The van der Waals surface area contributed by atoms with E-state index in [1.807, 2.05) is 6.92 Å². The minimum absolute atomic E-state index is 0.140. The van der Waals surface area contributed by atoms with E-state index in [4.69, 9.17) is 0 Å². The fraction of sp³-hybridized carbons (Fsp3) is 0.417. The van der Waals surface area contributed by atoms with Gasteiger partial charge in [-0.25, -0.2) is 15.0 Å². The Kier molecular flexibility index (Phi) is 3.91. The maximum atomic E-state index is 12.8. The second kappa shape index (κ2) is 5.48. The van der Waals surface area contributed by atoms with Crippen LogP contribution in [0.3, 0.4) is 0 Å². The summed E-state index contributed by atoms with van der Waals surface area (Å²) in [7, 11) is 0. The number of imidazole rings is 1. The first kappa shape index (κ1) is 14.3. The molecule has 0 spiro atoms. The number of nitrogens with one attached hydrogen (secondary N) is 1. The molecule has 0 unspecified atom stereocenters. The monoisotopic (exact) mass is 285 g/mol. The number of anilines is 1. The summed E-state index contributed by atoms with van der Waals surface area (Å²) in [5.74, 6) is -0.321. The van der Waals surface area contributed by atoms with Crippen molar-refractivity contribution in [3.63, 3.8) is 0 Å². The Balaban J connectivity index is 2.48. The van der Waals surface area contributed by atoms with Gasteiger partial charge in [0.25, 0.3) is 0 Å². The van der Waals surface area contributed by atoms with Gasteiger partial charge >= 0.3 is 6.18 Å². The van der Waals surface area contributed by atoms with E-state index in [9.17, 15) is 13.2 Å². The molecular formula is C12H14F3N5. The Morgan fingerprint density at radius 2 is 2.05 bits per heavy atom. The van der Waals surface area contributed by atoms with Gasteiger partial charge in [-0.1, -0.05) is 6.92 Å². The first-order valence-corrected chi connectivity index (χ1v) is 6.12. The minimum atomic E-state index is -4.59. The number of aryl methyl sites for hydroxylation is 1. The van der Waals surface area contributed by atoms with Crippen molar-refractivity contribution in [2.24, 2.45) is 0 Å². The van der Waals surface area contributed by atoms with Crippen molar-refractivity contribution in [3.05, 3.63) is 30.1 Å². The fourth-order valence-corrected chi connectivity index (χ4v) is 1.65. The van der Waals surface area contributed by atoms with Gasteiger partial charge in [0.2, 0.25) is 5.82 Å². The Bertz CT molecular complexity index is 591. The van der Waals surface area contributed by atoms with Crippen molar-refractivity contribution in [3.8, 4) is 5.82 Å². The van der Waals surface area contributed by atoms with Crippen LogP contribution in [0, 0.1) is 6.92 Å². The van der Waals surface area contributed by atoms with Gasteiger partial charge in [0.15, 0.2) is 0 Å². The average molecular weight is 285 g/mol. The van der Waals surface area contributed by atoms with Crippen molar-refractivity contribution in [1.82, 2.24) is 19.5 Å². The van der Waals surface area contributed by atoms with Crippen molar-refractivity contribution in [2.75, 3.05) is 11.9 Å². The molecule has 0 aliphatic heterocycles. The third-order valence-electron chi connectivity index (χ3n) is 2.59. The largest absolute Gasteiger partial charge is 0.451 e. The highest BCUT2D eigenvalue weighted by Gasteiger charge is 2.35. The molecular weight excluding hydrogens is 271 g/mol. The van der Waals surface area contributed by atoms with Crippen LogP contribution in [0.25, 0.3) is 5.82 Å². The van der Waals surface area contributed by atoms with E-state index in [0.717, 1.165) is 6.42 Å². The highest BCUT2D eigenvalue weighted by atomic mass is 19.4. The van der Waals surface area contributed by atoms with E-state index >= 15 is 0 Å². The normalized spacial score (nSPS) is 11.7. The lowest BCUT2D eigenvalue weighted by molar-refractivity contribution is -0.144. The van der Waals surface area contributed by atoms with Gasteiger partial charge in [-0.15, -0.1) is 0 Å². The van der Waals surface area contributed by atoms with Crippen LogP contribution in [0.4, 0.5) is 19.0 Å². The number of alkyl halides is 3. The van der Waals surface area contributed by atoms with E-state index < -0.39 is 12.0 Å². The van der Waals surface area contributed by atoms with Crippen LogP contribution in [-0.2, 0) is 6.18 Å². The number of hydrogen-bond donors (Lipinski definition) is 1. The second-order valence-electron chi connectivity index (χ2n) is 4.20. The number of nitrogens with zero attached hydrogens (tertiary/aromatic N) is 4. The summed E-state index contributed by atoms with van der Waals surface area (Å²) < 4.78 is 40.0. The van der Waals surface area contributed by atoms with Crippen LogP contribution in [0.5, 0.6) is 0 Å². The van der Waals surface area contributed by atoms with E-state index in [0.29, 0.717) is 12.4 Å². The quantitative estimate of drug-likeness (QED) is 0.938. The first-order valence-electron chi connectivity index (χ1n) is 6.12. The van der Waals surface area contributed by atoms with Gasteiger partial charge in [-0.3, -0.25) is 4.57 Å². The van der Waals surface area contributed by atoms with Crippen molar-refractivity contribution in [2.45, 2.75) is 26.4 Å². The van der Waals surface area contributed by atoms with Crippen LogP contribution in [0.1, 0.15) is 25.0 Å². The molecule has 8 heteroatoms. The van der Waals surface area contributed by atoms with E-state index in [-0.39, 0.29) is 11.6 Å². The molecule has 2 heterocycles. The number of aromatic nitrogens is 4. The maximum absolute atomic E-state index is 12.8.